The molecule has 0 bridgehead atoms. The van der Waals surface area contributed by atoms with Crippen molar-refractivity contribution in [2.45, 2.75) is 181 Å². The summed E-state index contributed by atoms with van der Waals surface area (Å²) in [6, 6.07) is 0. The van der Waals surface area contributed by atoms with Crippen LogP contribution in [-0.4, -0.2) is 36.2 Å². The standard InChI is InChI=1S/C21H40O2.C15H28O2.C3H4O2/c1-3-5-6-7-8-9-10-11-12-13-14-15-16-17-18-19-20-23-21(22)4-2;1-3-5-6-7-8-9-10-11-12-13-14-17-15(16)4-2;1-2-3(4)5/h4H,2-3,5-20H2,1H3;4H,2-3,5-14H2,1H3;2H,1H2,(H,4,5). The number of unbranched alkanes of at least 4 members (excludes halogenated alkanes) is 24. The largest absolute Gasteiger partial charge is 0.478 e. The summed E-state index contributed by atoms with van der Waals surface area (Å²) >= 11 is 0. The summed E-state index contributed by atoms with van der Waals surface area (Å²) in [6.07, 6.45) is 38.0. The van der Waals surface area contributed by atoms with Crippen LogP contribution in [0.25, 0.3) is 0 Å². The molecule has 0 atom stereocenters. The Morgan fingerprint density at radius 3 is 0.800 bits per heavy atom. The van der Waals surface area contributed by atoms with E-state index in [1.807, 2.05) is 0 Å². The van der Waals surface area contributed by atoms with Gasteiger partial charge in [-0.25, -0.2) is 14.4 Å². The van der Waals surface area contributed by atoms with Crippen LogP contribution in [0, 0.1) is 0 Å². The van der Waals surface area contributed by atoms with E-state index >= 15 is 0 Å². The highest BCUT2D eigenvalue weighted by Crippen LogP contribution is 2.14. The van der Waals surface area contributed by atoms with Crippen molar-refractivity contribution in [2.75, 3.05) is 13.2 Å². The van der Waals surface area contributed by atoms with Gasteiger partial charge in [-0.3, -0.25) is 0 Å². The number of hydrogen-bond donors (Lipinski definition) is 1. The van der Waals surface area contributed by atoms with Crippen molar-refractivity contribution in [3.63, 3.8) is 0 Å². The topological polar surface area (TPSA) is 89.9 Å². The second-order valence-electron chi connectivity index (χ2n) is 11.8. The van der Waals surface area contributed by atoms with E-state index in [0.29, 0.717) is 13.2 Å². The van der Waals surface area contributed by atoms with Gasteiger partial charge in [0.25, 0.3) is 0 Å². The van der Waals surface area contributed by atoms with Crippen molar-refractivity contribution in [3.8, 4) is 0 Å². The Morgan fingerprint density at radius 2 is 0.622 bits per heavy atom. The second kappa shape index (κ2) is 43.8. The lowest BCUT2D eigenvalue weighted by atomic mass is 10.0. The number of esters is 2. The van der Waals surface area contributed by atoms with Crippen LogP contribution in [0.2, 0.25) is 0 Å². The minimum absolute atomic E-state index is 0.300. The Morgan fingerprint density at radius 1 is 0.422 bits per heavy atom. The fraction of sp³-hybridized carbons (Fsp3) is 0.769. The summed E-state index contributed by atoms with van der Waals surface area (Å²) in [4.78, 5) is 30.8. The molecule has 0 heterocycles. The lowest BCUT2D eigenvalue weighted by Crippen LogP contribution is -2.01. The van der Waals surface area contributed by atoms with Crippen LogP contribution in [0.5, 0.6) is 0 Å². The van der Waals surface area contributed by atoms with Crippen LogP contribution in [0.15, 0.2) is 38.0 Å². The molecule has 6 heteroatoms. The van der Waals surface area contributed by atoms with E-state index in [0.717, 1.165) is 18.9 Å². The second-order valence-corrected chi connectivity index (χ2v) is 11.8. The monoisotopic (exact) mass is 637 g/mol. The van der Waals surface area contributed by atoms with Crippen LogP contribution in [0.3, 0.4) is 0 Å². The molecule has 0 amide bonds. The highest BCUT2D eigenvalue weighted by Gasteiger charge is 1.97. The molecule has 0 aliphatic carbocycles. The number of hydrogen-bond acceptors (Lipinski definition) is 5. The van der Waals surface area contributed by atoms with Crippen LogP contribution >= 0.6 is 0 Å². The Labute approximate surface area is 278 Å². The van der Waals surface area contributed by atoms with Crippen LogP contribution in [0.4, 0.5) is 0 Å². The predicted molar refractivity (Wildman–Crippen MR) is 192 cm³/mol. The van der Waals surface area contributed by atoms with Gasteiger partial charge in [-0.15, -0.1) is 0 Å². The molecule has 0 aliphatic heterocycles. The number of carboxylic acid groups (broad SMARTS) is 1. The summed E-state index contributed by atoms with van der Waals surface area (Å²) in [5.41, 5.74) is 0. The van der Waals surface area contributed by atoms with Gasteiger partial charge in [-0.1, -0.05) is 188 Å². The van der Waals surface area contributed by atoms with Crippen LogP contribution in [0.1, 0.15) is 181 Å². The fourth-order valence-electron chi connectivity index (χ4n) is 4.70. The minimum Gasteiger partial charge on any atom is -0.478 e. The van der Waals surface area contributed by atoms with E-state index in [2.05, 4.69) is 33.6 Å². The first kappa shape index (κ1) is 47.0. The molecule has 0 saturated carbocycles. The molecule has 0 aromatic carbocycles. The molecule has 0 aromatic rings. The van der Waals surface area contributed by atoms with Crippen molar-refractivity contribution in [3.05, 3.63) is 38.0 Å². The summed E-state index contributed by atoms with van der Waals surface area (Å²) in [7, 11) is 0. The van der Waals surface area contributed by atoms with Crippen LogP contribution < -0.4 is 0 Å². The van der Waals surface area contributed by atoms with Gasteiger partial charge in [0.2, 0.25) is 0 Å². The zero-order chi connectivity index (χ0) is 34.1. The molecule has 0 aromatic heterocycles. The molecule has 1 N–H and O–H groups in total. The molecule has 264 valence electrons. The summed E-state index contributed by atoms with van der Waals surface area (Å²) in [6.45, 7) is 15.3. The first-order valence-corrected chi connectivity index (χ1v) is 18.3. The normalized spacial score (nSPS) is 10.0. The quantitative estimate of drug-likeness (QED) is 0.0462. The number of aliphatic carboxylic acids is 1. The Hall–Kier alpha value is -2.37. The molecule has 0 unspecified atom stereocenters. The van der Waals surface area contributed by atoms with Crippen molar-refractivity contribution in [2.24, 2.45) is 0 Å². The van der Waals surface area contributed by atoms with Gasteiger partial charge in [0.15, 0.2) is 0 Å². The number of ether oxygens (including phenoxy) is 2. The van der Waals surface area contributed by atoms with E-state index in [9.17, 15) is 14.4 Å². The van der Waals surface area contributed by atoms with E-state index in [1.165, 1.54) is 166 Å². The number of rotatable bonds is 31. The lowest BCUT2D eigenvalue weighted by molar-refractivity contribution is -0.138. The third-order valence-electron chi connectivity index (χ3n) is 7.49. The Bertz CT molecular complexity index is 672. The molecule has 45 heavy (non-hydrogen) atoms. The summed E-state index contributed by atoms with van der Waals surface area (Å²) in [5, 5.41) is 7.60. The van der Waals surface area contributed by atoms with Crippen LogP contribution in [-0.2, 0) is 23.9 Å². The van der Waals surface area contributed by atoms with Crippen molar-refractivity contribution < 1.29 is 29.0 Å². The smallest absolute Gasteiger partial charge is 0.330 e. The van der Waals surface area contributed by atoms with E-state index in [1.54, 1.807) is 0 Å². The molecule has 0 fully saturated rings. The molecule has 0 radical (unpaired) electrons. The van der Waals surface area contributed by atoms with Crippen molar-refractivity contribution in [1.82, 2.24) is 0 Å². The third kappa shape index (κ3) is 51.5. The first-order chi connectivity index (χ1) is 21.9. The number of carbonyl (C=O) groups excluding carboxylic acids is 2. The van der Waals surface area contributed by atoms with Gasteiger partial charge < -0.3 is 14.6 Å². The van der Waals surface area contributed by atoms with Gasteiger partial charge in [-0.05, 0) is 12.8 Å². The highest BCUT2D eigenvalue weighted by molar-refractivity contribution is 5.81. The van der Waals surface area contributed by atoms with Crippen molar-refractivity contribution in [1.29, 1.82) is 0 Å². The van der Waals surface area contributed by atoms with Gasteiger partial charge in [-0.2, -0.15) is 0 Å². The number of carboxylic acids is 1. The molecule has 0 rings (SSSR count). The first-order valence-electron chi connectivity index (χ1n) is 18.3. The average Bonchev–Trinajstić information content (AvgIpc) is 3.05. The maximum Gasteiger partial charge on any atom is 0.330 e. The molecular formula is C39H72O6. The molecule has 0 aliphatic rings. The zero-order valence-corrected chi connectivity index (χ0v) is 29.6. The molecule has 0 spiro atoms. The summed E-state index contributed by atoms with van der Waals surface area (Å²) < 4.78 is 9.86. The maximum absolute atomic E-state index is 10.8. The van der Waals surface area contributed by atoms with Gasteiger partial charge in [0.05, 0.1) is 13.2 Å². The minimum atomic E-state index is -0.981. The highest BCUT2D eigenvalue weighted by atomic mass is 16.5. The predicted octanol–water partition coefficient (Wildman–Crippen LogP) is 11.9. The Kier molecular flexibility index (Phi) is 45.7. The summed E-state index contributed by atoms with van der Waals surface area (Å²) in [5.74, 6) is -1.59. The van der Waals surface area contributed by atoms with Gasteiger partial charge >= 0.3 is 17.9 Å². The number of carbonyl (C=O) groups is 3. The van der Waals surface area contributed by atoms with E-state index < -0.39 is 5.97 Å². The van der Waals surface area contributed by atoms with Gasteiger partial charge in [0, 0.05) is 18.2 Å². The average molecular weight is 637 g/mol. The van der Waals surface area contributed by atoms with Crippen molar-refractivity contribution >= 4 is 17.9 Å². The Balaban J connectivity index is -0.000000702. The molecular weight excluding hydrogens is 564 g/mol. The van der Waals surface area contributed by atoms with Gasteiger partial charge in [0.1, 0.15) is 0 Å². The maximum atomic E-state index is 10.8. The molecule has 0 saturated heterocycles. The zero-order valence-electron chi connectivity index (χ0n) is 29.6. The fourth-order valence-corrected chi connectivity index (χ4v) is 4.70. The third-order valence-corrected chi connectivity index (χ3v) is 7.49. The SMILES string of the molecule is C=CC(=O)O.C=CC(=O)OCCCCCCCCCCCC.C=CC(=O)OCCCCCCCCCCCCCCCCCC. The van der Waals surface area contributed by atoms with E-state index in [-0.39, 0.29) is 11.9 Å². The lowest BCUT2D eigenvalue weighted by Gasteiger charge is -2.04. The molecule has 6 nitrogen and oxygen atoms in total. The van der Waals surface area contributed by atoms with E-state index in [4.69, 9.17) is 14.6 Å².